The third kappa shape index (κ3) is 52.9. The largest absolute Gasteiger partial charge is 0.346 e. The minimum atomic E-state index is 0.242. The van der Waals surface area contributed by atoms with Crippen LogP contribution in [0.4, 0.5) is 0 Å². The summed E-state index contributed by atoms with van der Waals surface area (Å²) < 4.78 is 0.837. The summed E-state index contributed by atoms with van der Waals surface area (Å²) >= 11 is 0. The first kappa shape index (κ1) is 84.2. The maximum absolute atomic E-state index is 14.4. The van der Waals surface area contributed by atoms with Crippen LogP contribution in [0.1, 0.15) is 413 Å². The summed E-state index contributed by atoms with van der Waals surface area (Å²) in [6.07, 6.45) is 73.6. The Kier molecular flexibility index (Phi) is 62.0. The molecule has 2 unspecified atom stereocenters. The molecule has 8 nitrogen and oxygen atoms in total. The minimum absolute atomic E-state index is 0.242. The van der Waals surface area contributed by atoms with Crippen molar-refractivity contribution in [2.75, 3.05) is 67.5 Å². The van der Waals surface area contributed by atoms with E-state index in [1.807, 2.05) is 23.9 Å². The van der Waals surface area contributed by atoms with E-state index in [0.29, 0.717) is 59.6 Å². The molecule has 510 valence electrons. The Bertz CT molecular complexity index is 1380. The Morgan fingerprint density at radius 3 is 0.581 bits per heavy atom. The van der Waals surface area contributed by atoms with E-state index in [1.165, 1.54) is 283 Å². The van der Waals surface area contributed by atoms with E-state index in [-0.39, 0.29) is 11.8 Å². The molecule has 0 spiro atoms. The lowest BCUT2D eigenvalue weighted by molar-refractivity contribution is -0.842. The zero-order chi connectivity index (χ0) is 63.1. The van der Waals surface area contributed by atoms with Gasteiger partial charge in [-0.25, -0.2) is 9.59 Å². The quantitative estimate of drug-likeness (QED) is 0.0449. The predicted molar refractivity (Wildman–Crippen MR) is 377 cm³/mol. The van der Waals surface area contributed by atoms with Crippen molar-refractivity contribution in [2.45, 2.75) is 413 Å². The molecule has 0 saturated carbocycles. The first-order valence-corrected chi connectivity index (χ1v) is 39.1. The van der Waals surface area contributed by atoms with Gasteiger partial charge in [-0.1, -0.05) is 336 Å². The molecule has 0 aromatic heterocycles. The van der Waals surface area contributed by atoms with Crippen LogP contribution < -0.4 is 0 Å². The molecular formula is C78H156N4O4+2. The van der Waals surface area contributed by atoms with Crippen molar-refractivity contribution >= 4 is 23.6 Å². The van der Waals surface area contributed by atoms with Gasteiger partial charge in [0.1, 0.15) is 0 Å². The fourth-order valence-corrected chi connectivity index (χ4v) is 13.3. The Labute approximate surface area is 539 Å². The van der Waals surface area contributed by atoms with Crippen molar-refractivity contribution in [2.24, 2.45) is 0 Å². The number of hydrogen-bond donors (Lipinski definition) is 0. The molecule has 0 N–H and O–H groups in total. The van der Waals surface area contributed by atoms with Gasteiger partial charge in [0.05, 0.1) is 53.1 Å². The Morgan fingerprint density at radius 2 is 0.384 bits per heavy atom. The Morgan fingerprint density at radius 1 is 0.221 bits per heavy atom. The number of nitrogens with zero attached hydrogens (tertiary/aromatic N) is 4. The van der Waals surface area contributed by atoms with Crippen molar-refractivity contribution in [1.29, 1.82) is 0 Å². The summed E-state index contributed by atoms with van der Waals surface area (Å²) in [7, 11) is 8.26. The van der Waals surface area contributed by atoms with Crippen LogP contribution in [0.5, 0.6) is 0 Å². The van der Waals surface area contributed by atoms with Crippen molar-refractivity contribution < 1.29 is 28.1 Å². The molecule has 0 aromatic rings. The van der Waals surface area contributed by atoms with Gasteiger partial charge in [-0.2, -0.15) is 0 Å². The molecule has 0 aliphatic heterocycles. The molecule has 4 amide bonds. The van der Waals surface area contributed by atoms with Gasteiger partial charge in [0.15, 0.2) is 0 Å². The zero-order valence-corrected chi connectivity index (χ0v) is 60.1. The lowest BCUT2D eigenvalue weighted by Gasteiger charge is -2.35. The highest BCUT2D eigenvalue weighted by Gasteiger charge is 2.34. The number of amides is 4. The molecule has 0 aliphatic rings. The fourth-order valence-electron chi connectivity index (χ4n) is 13.3. The summed E-state index contributed by atoms with van der Waals surface area (Å²) in [4.78, 5) is 59.2. The molecule has 0 fully saturated rings. The second-order valence-electron chi connectivity index (χ2n) is 28.5. The summed E-state index contributed by atoms with van der Waals surface area (Å²) in [6, 6.07) is 0. The number of carbonyl (C=O) groups excluding carboxylic acids is 4. The topological polar surface area (TPSA) is 74.8 Å². The monoisotopic (exact) mass is 1210 g/mol. The molecule has 2 atom stereocenters. The molecular weight excluding hydrogens is 1060 g/mol. The Balaban J connectivity index is 5.49. The SMILES string of the molecule is CCCCCCCCCCCCCCCC(=O)N(C)CCC[N+](C)(CCCC[N+](C)(CCCN(C)C(=O)CCCCCCCCCCCCCCC)C(=O)CCCCCCCCCCCCCCC)C(=O)CCCCCCCCCCCCCCC. The zero-order valence-electron chi connectivity index (χ0n) is 60.1. The average molecular weight is 1210 g/mol. The van der Waals surface area contributed by atoms with E-state index in [2.05, 4.69) is 41.8 Å². The molecule has 0 bridgehead atoms. The minimum Gasteiger partial charge on any atom is -0.346 e. The molecule has 0 rings (SSSR count). The number of carbonyl (C=O) groups is 4. The molecule has 0 aliphatic carbocycles. The van der Waals surface area contributed by atoms with E-state index in [9.17, 15) is 19.2 Å². The van der Waals surface area contributed by atoms with E-state index < -0.39 is 0 Å². The van der Waals surface area contributed by atoms with Gasteiger partial charge in [0.25, 0.3) is 0 Å². The van der Waals surface area contributed by atoms with Crippen LogP contribution in [0.3, 0.4) is 0 Å². The van der Waals surface area contributed by atoms with Crippen LogP contribution in [0.15, 0.2) is 0 Å². The van der Waals surface area contributed by atoms with Crippen LogP contribution >= 0.6 is 0 Å². The van der Waals surface area contributed by atoms with Gasteiger partial charge < -0.3 is 9.80 Å². The highest BCUT2D eigenvalue weighted by molar-refractivity contribution is 5.76. The summed E-state index contributed by atoms with van der Waals surface area (Å²) in [6.45, 7) is 13.6. The Hall–Kier alpha value is -1.80. The van der Waals surface area contributed by atoms with Crippen LogP contribution in [0.25, 0.3) is 0 Å². The number of hydrogen-bond acceptors (Lipinski definition) is 4. The lowest BCUT2D eigenvalue weighted by atomic mass is 10.0. The van der Waals surface area contributed by atoms with Gasteiger partial charge in [0.2, 0.25) is 11.8 Å². The summed E-state index contributed by atoms with van der Waals surface area (Å²) in [5.74, 6) is 1.17. The standard InChI is InChI=1S/C78H156N4O4/c1-9-13-17-21-25-29-33-37-41-45-49-53-57-65-75(83)79(5)69-63-73-81(7,77(85)67-59-55-51-47-43-39-35-31-27-23-19-15-11-3)71-61-62-72-82(8,78(86)68-60-56-52-48-44-40-36-32-28-24-20-16-12-4)74-64-70-80(6)76(84)66-58-54-50-46-42-38-34-30-26-22-18-14-10-2/h9-74H2,1-8H3/q+2. The molecule has 8 heteroatoms. The second kappa shape index (κ2) is 63.4. The second-order valence-corrected chi connectivity index (χ2v) is 28.5. The molecule has 0 heterocycles. The van der Waals surface area contributed by atoms with Crippen LogP contribution in [-0.2, 0) is 19.2 Å². The van der Waals surface area contributed by atoms with Crippen LogP contribution in [0, 0.1) is 0 Å². The van der Waals surface area contributed by atoms with E-state index in [1.54, 1.807) is 0 Å². The van der Waals surface area contributed by atoms with Crippen LogP contribution in [0.2, 0.25) is 0 Å². The maximum atomic E-state index is 14.4. The summed E-state index contributed by atoms with van der Waals surface area (Å²) in [5.41, 5.74) is 0. The normalized spacial score (nSPS) is 13.1. The van der Waals surface area contributed by atoms with Gasteiger partial charge in [-0.3, -0.25) is 18.6 Å². The third-order valence-electron chi connectivity index (χ3n) is 19.9. The van der Waals surface area contributed by atoms with E-state index >= 15 is 0 Å². The predicted octanol–water partition coefficient (Wildman–Crippen LogP) is 23.3. The molecule has 0 aromatic carbocycles. The lowest BCUT2D eigenvalue weighted by Crippen LogP contribution is -2.53. The molecule has 0 saturated heterocycles. The van der Waals surface area contributed by atoms with Gasteiger partial charge in [-0.05, 0) is 25.7 Å². The highest BCUT2D eigenvalue weighted by atomic mass is 16.2. The van der Waals surface area contributed by atoms with E-state index in [4.69, 9.17) is 0 Å². The number of quaternary nitrogens is 2. The smallest absolute Gasteiger partial charge is 0.313 e. The van der Waals surface area contributed by atoms with Crippen molar-refractivity contribution in [3.63, 3.8) is 0 Å². The van der Waals surface area contributed by atoms with Crippen molar-refractivity contribution in [3.05, 3.63) is 0 Å². The van der Waals surface area contributed by atoms with Crippen molar-refractivity contribution in [1.82, 2.24) is 9.80 Å². The van der Waals surface area contributed by atoms with E-state index in [0.717, 1.165) is 103 Å². The summed E-state index contributed by atoms with van der Waals surface area (Å²) in [5, 5.41) is 0. The average Bonchev–Trinajstić information content (AvgIpc) is 3.68. The number of rotatable bonds is 69. The van der Waals surface area contributed by atoms with Crippen molar-refractivity contribution in [3.8, 4) is 0 Å². The third-order valence-corrected chi connectivity index (χ3v) is 19.9. The maximum Gasteiger partial charge on any atom is 0.313 e. The highest BCUT2D eigenvalue weighted by Crippen LogP contribution is 2.22. The first-order chi connectivity index (χ1) is 41.9. The molecule has 0 radical (unpaired) electrons. The van der Waals surface area contributed by atoms with Gasteiger partial charge in [0, 0.05) is 65.7 Å². The number of unbranched alkanes of at least 4 members (excludes halogenated alkanes) is 49. The fraction of sp³-hybridized carbons (Fsp3) is 0.949. The van der Waals surface area contributed by atoms with Gasteiger partial charge >= 0.3 is 11.8 Å². The van der Waals surface area contributed by atoms with Gasteiger partial charge in [-0.15, -0.1) is 0 Å². The molecule has 86 heavy (non-hydrogen) atoms. The van der Waals surface area contributed by atoms with Crippen LogP contribution in [-0.4, -0.2) is 110 Å². The first-order valence-electron chi connectivity index (χ1n) is 39.1.